The summed E-state index contributed by atoms with van der Waals surface area (Å²) in [5.74, 6) is -0.452. The molecule has 14 heteroatoms. The first-order chi connectivity index (χ1) is 24.2. The maximum absolute atomic E-state index is 13.3. The van der Waals surface area contributed by atoms with Gasteiger partial charge in [-0.15, -0.1) is 0 Å². The summed E-state index contributed by atoms with van der Waals surface area (Å²) in [6.07, 6.45) is -3.88. The van der Waals surface area contributed by atoms with Gasteiger partial charge in [-0.3, -0.25) is 4.79 Å². The molecule has 0 bridgehead atoms. The number of carbonyl (C=O) groups excluding carboxylic acids is 2. The van der Waals surface area contributed by atoms with E-state index < -0.39 is 90.1 Å². The zero-order valence-corrected chi connectivity index (χ0v) is 30.2. The summed E-state index contributed by atoms with van der Waals surface area (Å²) >= 11 is 0. The Balaban J connectivity index is 1.01. The predicted octanol–water partition coefficient (Wildman–Crippen LogP) is 0.583. The fourth-order valence-electron chi connectivity index (χ4n) is 12.1. The zero-order valence-electron chi connectivity index (χ0n) is 30.2. The second-order valence-electron chi connectivity index (χ2n) is 17.1. The first-order valence-electron chi connectivity index (χ1n) is 19.0. The summed E-state index contributed by atoms with van der Waals surface area (Å²) in [6.45, 7) is 5.68. The van der Waals surface area contributed by atoms with Crippen LogP contribution in [0.4, 0.5) is 0 Å². The molecule has 290 valence electrons. The molecule has 4 saturated carbocycles. The number of hydrogen-bond donors (Lipinski definition) is 6. The number of ether oxygens (including phenoxy) is 6. The minimum atomic E-state index is -1.58. The van der Waals surface area contributed by atoms with Crippen molar-refractivity contribution in [1.29, 1.82) is 0 Å². The number of hydrogen-bond acceptors (Lipinski definition) is 14. The molecule has 6 N–H and O–H groups in total. The van der Waals surface area contributed by atoms with Gasteiger partial charge in [0, 0.05) is 25.9 Å². The van der Waals surface area contributed by atoms with Crippen LogP contribution in [0, 0.1) is 40.4 Å². The van der Waals surface area contributed by atoms with Crippen molar-refractivity contribution in [2.24, 2.45) is 40.4 Å². The molecule has 3 aliphatic heterocycles. The molecule has 19 atom stereocenters. The molecule has 0 aromatic heterocycles. The van der Waals surface area contributed by atoms with E-state index in [-0.39, 0.29) is 48.4 Å². The monoisotopic (exact) mass is 726 g/mol. The van der Waals surface area contributed by atoms with Crippen LogP contribution in [0.1, 0.15) is 85.0 Å². The third kappa shape index (κ3) is 5.77. The Bertz CT molecular complexity index is 1300. The molecule has 51 heavy (non-hydrogen) atoms. The predicted molar refractivity (Wildman–Crippen MR) is 175 cm³/mol. The molecule has 0 aromatic carbocycles. The standard InChI is InChI=1S/C37H58O14/c1-18-21(16-47-32(18)43)22-8-12-37(45)24-7-11-36(44)14-20(5-10-35(36,17-39)23(24)6-9-34(22,37)3)49-27-13-25(46-4)31(19(2)48-27)51-33-30(42)29(41)28(40)26(15-38)50-33/h17-31,33,38,40-42,44-45H,5-16H2,1-4H3. The van der Waals surface area contributed by atoms with E-state index in [9.17, 15) is 40.2 Å². The maximum atomic E-state index is 13.3. The molecule has 3 heterocycles. The smallest absolute Gasteiger partial charge is 0.309 e. The van der Waals surface area contributed by atoms with E-state index in [1.807, 2.05) is 6.92 Å². The Hall–Kier alpha value is -1.30. The van der Waals surface area contributed by atoms with Gasteiger partial charge >= 0.3 is 5.97 Å². The third-order valence-electron chi connectivity index (χ3n) is 15.1. The fraction of sp³-hybridized carbons (Fsp3) is 0.946. The zero-order chi connectivity index (χ0) is 36.7. The van der Waals surface area contributed by atoms with E-state index in [1.165, 1.54) is 7.11 Å². The maximum Gasteiger partial charge on any atom is 0.309 e. The van der Waals surface area contributed by atoms with E-state index in [0.717, 1.165) is 25.5 Å². The summed E-state index contributed by atoms with van der Waals surface area (Å²) in [7, 11) is 1.51. The lowest BCUT2D eigenvalue weighted by atomic mass is 9.41. The number of aliphatic hydroxyl groups is 6. The van der Waals surface area contributed by atoms with Crippen LogP contribution >= 0.6 is 0 Å². The van der Waals surface area contributed by atoms with E-state index in [4.69, 9.17) is 28.4 Å². The topological polar surface area (TPSA) is 211 Å². The molecule has 7 rings (SSSR count). The SMILES string of the molecule is COC1CC(OC2CCC3(C=O)C4CCC5(C)C(C6COC(=O)C6C)CCC5(O)C4CCC3(O)C2)OC(C)C1OC1OC(CO)C(O)C(O)C1O. The molecule has 19 unspecified atom stereocenters. The summed E-state index contributed by atoms with van der Waals surface area (Å²) in [4.78, 5) is 25.6. The molecule has 4 aliphatic carbocycles. The quantitative estimate of drug-likeness (QED) is 0.115. The number of rotatable bonds is 8. The van der Waals surface area contributed by atoms with Crippen LogP contribution in [0.5, 0.6) is 0 Å². The van der Waals surface area contributed by atoms with Gasteiger partial charge in [0.15, 0.2) is 12.6 Å². The van der Waals surface area contributed by atoms with Crippen LogP contribution in [0.25, 0.3) is 0 Å². The van der Waals surface area contributed by atoms with Gasteiger partial charge in [-0.05, 0) is 81.5 Å². The molecule has 0 aromatic rings. The van der Waals surface area contributed by atoms with Crippen LogP contribution in [-0.2, 0) is 38.0 Å². The molecular formula is C37H58O14. The van der Waals surface area contributed by atoms with Gasteiger partial charge in [0.2, 0.25) is 0 Å². The van der Waals surface area contributed by atoms with Crippen molar-refractivity contribution >= 4 is 12.3 Å². The average molecular weight is 727 g/mol. The Morgan fingerprint density at radius 2 is 1.63 bits per heavy atom. The van der Waals surface area contributed by atoms with Crippen molar-refractivity contribution in [3.05, 3.63) is 0 Å². The van der Waals surface area contributed by atoms with E-state index in [2.05, 4.69) is 6.92 Å². The lowest BCUT2D eigenvalue weighted by Gasteiger charge is -2.65. The van der Waals surface area contributed by atoms with Crippen LogP contribution < -0.4 is 0 Å². The molecule has 0 radical (unpaired) electrons. The van der Waals surface area contributed by atoms with Crippen molar-refractivity contribution < 1.29 is 68.6 Å². The minimum absolute atomic E-state index is 0.0678. The normalized spacial score (nSPS) is 55.7. The summed E-state index contributed by atoms with van der Waals surface area (Å²) in [5, 5.41) is 65.5. The summed E-state index contributed by atoms with van der Waals surface area (Å²) in [5.41, 5.74) is -3.72. The highest BCUT2D eigenvalue weighted by molar-refractivity contribution is 5.74. The van der Waals surface area contributed by atoms with Crippen molar-refractivity contribution in [3.8, 4) is 0 Å². The molecule has 7 aliphatic rings. The van der Waals surface area contributed by atoms with Crippen molar-refractivity contribution in [2.45, 2.75) is 158 Å². The molecular weight excluding hydrogens is 668 g/mol. The Morgan fingerprint density at radius 3 is 2.29 bits per heavy atom. The van der Waals surface area contributed by atoms with E-state index in [1.54, 1.807) is 6.92 Å². The van der Waals surface area contributed by atoms with Gasteiger partial charge in [-0.1, -0.05) is 13.8 Å². The first-order valence-corrected chi connectivity index (χ1v) is 19.0. The number of aliphatic hydroxyl groups excluding tert-OH is 4. The Morgan fingerprint density at radius 1 is 0.902 bits per heavy atom. The minimum Gasteiger partial charge on any atom is -0.465 e. The lowest BCUT2D eigenvalue weighted by Crippen LogP contribution is -2.69. The van der Waals surface area contributed by atoms with Crippen LogP contribution in [-0.4, -0.2) is 136 Å². The van der Waals surface area contributed by atoms with Crippen LogP contribution in [0.2, 0.25) is 0 Å². The molecule has 3 saturated heterocycles. The lowest BCUT2D eigenvalue weighted by molar-refractivity contribution is -0.346. The highest BCUT2D eigenvalue weighted by Gasteiger charge is 2.72. The van der Waals surface area contributed by atoms with Gasteiger partial charge in [-0.25, -0.2) is 0 Å². The highest BCUT2D eigenvalue weighted by atomic mass is 16.7. The third-order valence-corrected chi connectivity index (χ3v) is 15.1. The van der Waals surface area contributed by atoms with Gasteiger partial charge < -0.3 is 63.9 Å². The molecule has 0 spiro atoms. The first kappa shape index (κ1) is 38.0. The van der Waals surface area contributed by atoms with Crippen LogP contribution in [0.3, 0.4) is 0 Å². The largest absolute Gasteiger partial charge is 0.465 e. The number of carbonyl (C=O) groups is 2. The number of fused-ring (bicyclic) bond motifs is 5. The highest BCUT2D eigenvalue weighted by Crippen LogP contribution is 2.71. The Kier molecular flexibility index (Phi) is 10.3. The van der Waals surface area contributed by atoms with Crippen molar-refractivity contribution in [2.75, 3.05) is 20.3 Å². The van der Waals surface area contributed by atoms with Crippen LogP contribution in [0.15, 0.2) is 0 Å². The number of methoxy groups -OCH3 is 1. The summed E-state index contributed by atoms with van der Waals surface area (Å²) in [6, 6.07) is 0. The second kappa shape index (κ2) is 13.8. The Labute approximate surface area is 299 Å². The fourth-order valence-corrected chi connectivity index (χ4v) is 12.1. The molecule has 7 fully saturated rings. The average Bonchev–Trinajstić information content (AvgIpc) is 3.58. The number of aldehydes is 1. The van der Waals surface area contributed by atoms with Gasteiger partial charge in [0.25, 0.3) is 0 Å². The molecule has 14 nitrogen and oxygen atoms in total. The summed E-state index contributed by atoms with van der Waals surface area (Å²) < 4.78 is 35.5. The van der Waals surface area contributed by atoms with E-state index >= 15 is 0 Å². The number of esters is 1. The second-order valence-corrected chi connectivity index (χ2v) is 17.1. The number of cyclic esters (lactones) is 1. The van der Waals surface area contributed by atoms with Gasteiger partial charge in [0.1, 0.15) is 36.8 Å². The van der Waals surface area contributed by atoms with Gasteiger partial charge in [0.05, 0.1) is 54.1 Å². The molecule has 0 amide bonds. The van der Waals surface area contributed by atoms with Crippen molar-refractivity contribution in [1.82, 2.24) is 0 Å². The van der Waals surface area contributed by atoms with Crippen molar-refractivity contribution in [3.63, 3.8) is 0 Å². The van der Waals surface area contributed by atoms with E-state index in [0.29, 0.717) is 38.7 Å². The van der Waals surface area contributed by atoms with Gasteiger partial charge in [-0.2, -0.15) is 0 Å².